The maximum absolute atomic E-state index is 12.8. The number of hydrogen-bond donors (Lipinski definition) is 0. The predicted molar refractivity (Wildman–Crippen MR) is 95.2 cm³/mol. The summed E-state index contributed by atoms with van der Waals surface area (Å²) < 4.78 is 0. The van der Waals surface area contributed by atoms with Crippen LogP contribution in [-0.2, 0) is 4.79 Å². The molecule has 0 N–H and O–H groups in total. The van der Waals surface area contributed by atoms with Crippen LogP contribution in [0.15, 0.2) is 12.4 Å². The van der Waals surface area contributed by atoms with Gasteiger partial charge in [0.25, 0.3) is 0 Å². The molecule has 3 heterocycles. The molecule has 126 valence electrons. The minimum Gasteiger partial charge on any atom is -0.363 e. The number of amides is 1. The molecule has 2 fully saturated rings. The third-order valence-electron chi connectivity index (χ3n) is 4.51. The topological polar surface area (TPSA) is 52.6 Å². The number of rotatable bonds is 3. The molecule has 0 bridgehead atoms. The maximum Gasteiger partial charge on any atom is 0.227 e. The van der Waals surface area contributed by atoms with Crippen LogP contribution in [0.3, 0.4) is 0 Å². The quantitative estimate of drug-likeness (QED) is 0.831. The van der Waals surface area contributed by atoms with Crippen molar-refractivity contribution in [3.63, 3.8) is 0 Å². The second-order valence-electron chi connectivity index (χ2n) is 6.35. The summed E-state index contributed by atoms with van der Waals surface area (Å²) in [7, 11) is 3.95. The Morgan fingerprint density at radius 3 is 2.78 bits per heavy atom. The van der Waals surface area contributed by atoms with E-state index in [9.17, 15) is 4.79 Å². The van der Waals surface area contributed by atoms with Crippen LogP contribution < -0.4 is 9.80 Å². The Morgan fingerprint density at radius 2 is 2.04 bits per heavy atom. The summed E-state index contributed by atoms with van der Waals surface area (Å²) >= 11 is 1.94. The Morgan fingerprint density at radius 1 is 1.26 bits per heavy atom. The van der Waals surface area contributed by atoms with Crippen LogP contribution in [0.1, 0.15) is 12.8 Å². The number of anilines is 2. The highest BCUT2D eigenvalue weighted by Gasteiger charge is 2.30. The molecule has 0 radical (unpaired) electrons. The van der Waals surface area contributed by atoms with E-state index in [-0.39, 0.29) is 5.92 Å². The first-order chi connectivity index (χ1) is 11.1. The fourth-order valence-corrected chi connectivity index (χ4v) is 4.09. The van der Waals surface area contributed by atoms with Crippen LogP contribution in [0.25, 0.3) is 0 Å². The van der Waals surface area contributed by atoms with Gasteiger partial charge in [0, 0.05) is 57.8 Å². The van der Waals surface area contributed by atoms with E-state index in [1.807, 2.05) is 36.8 Å². The summed E-state index contributed by atoms with van der Waals surface area (Å²) in [4.78, 5) is 27.7. The van der Waals surface area contributed by atoms with Crippen LogP contribution >= 0.6 is 11.8 Å². The summed E-state index contributed by atoms with van der Waals surface area (Å²) in [6.07, 6.45) is 3.64. The smallest absolute Gasteiger partial charge is 0.227 e. The molecule has 1 aromatic rings. The zero-order valence-corrected chi connectivity index (χ0v) is 14.8. The molecule has 23 heavy (non-hydrogen) atoms. The van der Waals surface area contributed by atoms with Gasteiger partial charge in [0.1, 0.15) is 18.0 Å². The lowest BCUT2D eigenvalue weighted by Crippen LogP contribution is -2.47. The zero-order valence-electron chi connectivity index (χ0n) is 13.9. The van der Waals surface area contributed by atoms with E-state index in [1.165, 1.54) is 0 Å². The second-order valence-corrected chi connectivity index (χ2v) is 7.58. The van der Waals surface area contributed by atoms with Gasteiger partial charge in [-0.3, -0.25) is 4.79 Å². The van der Waals surface area contributed by atoms with E-state index in [1.54, 1.807) is 6.33 Å². The van der Waals surface area contributed by atoms with Crippen molar-refractivity contribution in [3.05, 3.63) is 12.4 Å². The van der Waals surface area contributed by atoms with Gasteiger partial charge in [0.15, 0.2) is 0 Å². The summed E-state index contributed by atoms with van der Waals surface area (Å²) in [5.74, 6) is 4.40. The molecule has 2 aliphatic rings. The van der Waals surface area contributed by atoms with Gasteiger partial charge in [0.2, 0.25) is 5.91 Å². The van der Waals surface area contributed by atoms with Crippen LogP contribution in [0, 0.1) is 5.92 Å². The van der Waals surface area contributed by atoms with Crippen LogP contribution in [0.5, 0.6) is 0 Å². The summed E-state index contributed by atoms with van der Waals surface area (Å²) in [6.45, 7) is 3.53. The molecule has 0 aliphatic carbocycles. The molecule has 0 saturated carbocycles. The Labute approximate surface area is 142 Å². The Hall–Kier alpha value is -1.50. The molecule has 1 amide bonds. The summed E-state index contributed by atoms with van der Waals surface area (Å²) in [5, 5.41) is 0. The highest BCUT2D eigenvalue weighted by atomic mass is 32.2. The fourth-order valence-electron chi connectivity index (χ4n) is 3.18. The molecule has 0 spiro atoms. The summed E-state index contributed by atoms with van der Waals surface area (Å²) in [6, 6.07) is 2.00. The lowest BCUT2D eigenvalue weighted by Gasteiger charge is -2.36. The Bertz CT molecular complexity index is 547. The van der Waals surface area contributed by atoms with Crippen molar-refractivity contribution in [1.82, 2.24) is 14.9 Å². The van der Waals surface area contributed by atoms with E-state index < -0.39 is 0 Å². The van der Waals surface area contributed by atoms with Gasteiger partial charge >= 0.3 is 0 Å². The molecular weight excluding hydrogens is 310 g/mol. The fraction of sp³-hybridized carbons (Fsp3) is 0.688. The largest absolute Gasteiger partial charge is 0.363 e. The molecule has 2 aliphatic heterocycles. The second kappa shape index (κ2) is 7.38. The Kier molecular flexibility index (Phi) is 5.25. The average molecular weight is 335 g/mol. The first-order valence-electron chi connectivity index (χ1n) is 8.26. The molecule has 6 nitrogen and oxygen atoms in total. The number of piperidine rings is 1. The minimum atomic E-state index is 0.102. The van der Waals surface area contributed by atoms with Crippen molar-refractivity contribution in [2.24, 2.45) is 5.92 Å². The average Bonchev–Trinajstić information content (AvgIpc) is 2.62. The van der Waals surface area contributed by atoms with Gasteiger partial charge in [0.05, 0.1) is 5.92 Å². The monoisotopic (exact) mass is 335 g/mol. The number of nitrogens with zero attached hydrogens (tertiary/aromatic N) is 5. The highest BCUT2D eigenvalue weighted by molar-refractivity contribution is 7.99. The van der Waals surface area contributed by atoms with Gasteiger partial charge in [-0.1, -0.05) is 0 Å². The van der Waals surface area contributed by atoms with E-state index in [2.05, 4.69) is 19.8 Å². The van der Waals surface area contributed by atoms with Crippen LogP contribution in [0.2, 0.25) is 0 Å². The van der Waals surface area contributed by atoms with Gasteiger partial charge in [-0.15, -0.1) is 0 Å². The van der Waals surface area contributed by atoms with E-state index in [0.29, 0.717) is 5.91 Å². The molecule has 1 unspecified atom stereocenters. The van der Waals surface area contributed by atoms with Crippen molar-refractivity contribution in [2.75, 3.05) is 61.6 Å². The van der Waals surface area contributed by atoms with Gasteiger partial charge in [-0.05, 0) is 12.8 Å². The van der Waals surface area contributed by atoms with E-state index in [0.717, 1.165) is 62.2 Å². The molecule has 1 atom stereocenters. The van der Waals surface area contributed by atoms with Crippen molar-refractivity contribution in [2.45, 2.75) is 12.8 Å². The maximum atomic E-state index is 12.8. The first kappa shape index (κ1) is 16.4. The number of hydrogen-bond acceptors (Lipinski definition) is 6. The molecule has 2 saturated heterocycles. The number of aromatic nitrogens is 2. The number of thioether (sulfide) groups is 1. The standard InChI is InChI=1S/C16H25N5OS/c1-19(2)14-10-15(18-12-17-14)21-5-3-4-13(11-21)16(22)20-6-8-23-9-7-20/h10,12-13H,3-9,11H2,1-2H3. The number of carbonyl (C=O) groups excluding carboxylic acids is 1. The van der Waals surface area contributed by atoms with Crippen molar-refractivity contribution >= 4 is 29.3 Å². The molecule has 1 aromatic heterocycles. The SMILES string of the molecule is CN(C)c1cc(N2CCCC(C(=O)N3CCSCC3)C2)ncn1. The third-order valence-corrected chi connectivity index (χ3v) is 5.46. The number of carbonyl (C=O) groups is 1. The highest BCUT2D eigenvalue weighted by Crippen LogP contribution is 2.25. The van der Waals surface area contributed by atoms with Gasteiger partial charge < -0.3 is 14.7 Å². The molecule has 3 rings (SSSR count). The minimum absolute atomic E-state index is 0.102. The lowest BCUT2D eigenvalue weighted by atomic mass is 9.96. The van der Waals surface area contributed by atoms with E-state index >= 15 is 0 Å². The third kappa shape index (κ3) is 3.88. The normalized spacial score (nSPS) is 22.1. The molecule has 0 aromatic carbocycles. The predicted octanol–water partition coefficient (Wildman–Crippen LogP) is 1.33. The van der Waals surface area contributed by atoms with E-state index in [4.69, 9.17) is 0 Å². The van der Waals surface area contributed by atoms with Crippen LogP contribution in [-0.4, -0.2) is 72.6 Å². The lowest BCUT2D eigenvalue weighted by molar-refractivity contribution is -0.135. The van der Waals surface area contributed by atoms with Crippen LogP contribution in [0.4, 0.5) is 11.6 Å². The Balaban J connectivity index is 1.68. The molecule has 7 heteroatoms. The van der Waals surface area contributed by atoms with Gasteiger partial charge in [-0.2, -0.15) is 11.8 Å². The zero-order chi connectivity index (χ0) is 16.2. The van der Waals surface area contributed by atoms with Crippen molar-refractivity contribution in [3.8, 4) is 0 Å². The van der Waals surface area contributed by atoms with Gasteiger partial charge in [-0.25, -0.2) is 9.97 Å². The molecular formula is C16H25N5OS. The van der Waals surface area contributed by atoms with Crippen molar-refractivity contribution in [1.29, 1.82) is 0 Å². The summed E-state index contributed by atoms with van der Waals surface area (Å²) in [5.41, 5.74) is 0. The first-order valence-corrected chi connectivity index (χ1v) is 9.41. The van der Waals surface area contributed by atoms with Crippen molar-refractivity contribution < 1.29 is 4.79 Å².